The highest BCUT2D eigenvalue weighted by atomic mass is 15.2. The third-order valence-corrected chi connectivity index (χ3v) is 4.20. The van der Waals surface area contributed by atoms with Gasteiger partial charge in [-0.05, 0) is 44.0 Å². The van der Waals surface area contributed by atoms with E-state index in [4.69, 9.17) is 5.26 Å². The second kappa shape index (κ2) is 7.97. The van der Waals surface area contributed by atoms with E-state index in [1.54, 1.807) is 12.3 Å². The van der Waals surface area contributed by atoms with Gasteiger partial charge in [0.2, 0.25) is 0 Å². The first-order chi connectivity index (χ1) is 12.7. The number of piperidine rings is 1. The fourth-order valence-corrected chi connectivity index (χ4v) is 2.81. The summed E-state index contributed by atoms with van der Waals surface area (Å²) >= 11 is 0. The van der Waals surface area contributed by atoms with E-state index in [1.165, 1.54) is 11.8 Å². The Kier molecular flexibility index (Phi) is 5.28. The lowest BCUT2D eigenvalue weighted by Gasteiger charge is -2.30. The van der Waals surface area contributed by atoms with Crippen LogP contribution >= 0.6 is 0 Å². The molecular formula is C21H17N5. The van der Waals surface area contributed by atoms with Crippen molar-refractivity contribution in [2.75, 3.05) is 18.0 Å². The molecule has 0 unspecified atom stereocenters. The van der Waals surface area contributed by atoms with E-state index in [0.29, 0.717) is 11.1 Å². The molecule has 2 aromatic heterocycles. The molecule has 26 heavy (non-hydrogen) atoms. The van der Waals surface area contributed by atoms with Crippen LogP contribution in [0, 0.1) is 41.4 Å². The number of rotatable bonds is 1. The van der Waals surface area contributed by atoms with Crippen molar-refractivity contribution in [2.45, 2.75) is 19.8 Å². The first kappa shape index (κ1) is 17.2. The van der Waals surface area contributed by atoms with Crippen LogP contribution in [0.3, 0.4) is 0 Å². The van der Waals surface area contributed by atoms with Gasteiger partial charge >= 0.3 is 0 Å². The van der Waals surface area contributed by atoms with Gasteiger partial charge in [-0.3, -0.25) is 4.98 Å². The van der Waals surface area contributed by atoms with Crippen LogP contribution in [0.5, 0.6) is 0 Å². The van der Waals surface area contributed by atoms with E-state index in [0.717, 1.165) is 43.0 Å². The van der Waals surface area contributed by atoms with Crippen LogP contribution < -0.4 is 4.90 Å². The highest BCUT2D eigenvalue weighted by Gasteiger charge is 2.18. The van der Waals surface area contributed by atoms with E-state index in [9.17, 15) is 5.26 Å². The summed E-state index contributed by atoms with van der Waals surface area (Å²) in [5.41, 5.74) is 4.06. The molecule has 3 rings (SSSR count). The lowest BCUT2D eigenvalue weighted by molar-refractivity contribution is 0.676. The van der Waals surface area contributed by atoms with Crippen molar-refractivity contribution in [3.63, 3.8) is 0 Å². The Labute approximate surface area is 153 Å². The second-order valence-electron chi connectivity index (χ2n) is 6.07. The average molecular weight is 339 g/mol. The Hall–Kier alpha value is -3.62. The van der Waals surface area contributed by atoms with Crippen LogP contribution in [0.2, 0.25) is 0 Å². The third kappa shape index (κ3) is 4.07. The van der Waals surface area contributed by atoms with Gasteiger partial charge in [0.25, 0.3) is 0 Å². The van der Waals surface area contributed by atoms with Gasteiger partial charge in [0.15, 0.2) is 0 Å². The minimum atomic E-state index is 0.511. The van der Waals surface area contributed by atoms with Crippen molar-refractivity contribution in [3.05, 3.63) is 64.6 Å². The number of aromatic nitrogens is 2. The third-order valence-electron chi connectivity index (χ3n) is 4.20. The minimum absolute atomic E-state index is 0.511. The SMILES string of the molecule is Cc1ccc(C#N)c(N2CCC(=CC#Cc3cncc(C#N)c3)CC2)n1. The Bertz CT molecular complexity index is 986. The van der Waals surface area contributed by atoms with Crippen molar-refractivity contribution < 1.29 is 0 Å². The highest BCUT2D eigenvalue weighted by Crippen LogP contribution is 2.24. The first-order valence-corrected chi connectivity index (χ1v) is 8.37. The number of pyridine rings is 2. The molecule has 0 amide bonds. The van der Waals surface area contributed by atoms with Gasteiger partial charge in [0.1, 0.15) is 18.0 Å². The van der Waals surface area contributed by atoms with E-state index >= 15 is 0 Å². The molecule has 2 aromatic rings. The molecule has 0 atom stereocenters. The summed E-state index contributed by atoms with van der Waals surface area (Å²) in [7, 11) is 0. The monoisotopic (exact) mass is 339 g/mol. The van der Waals surface area contributed by atoms with Crippen molar-refractivity contribution in [1.29, 1.82) is 10.5 Å². The fourth-order valence-electron chi connectivity index (χ4n) is 2.81. The van der Waals surface area contributed by atoms with Gasteiger partial charge < -0.3 is 4.90 Å². The molecule has 5 nitrogen and oxygen atoms in total. The predicted octanol–water partition coefficient (Wildman–Crippen LogP) is 3.11. The molecule has 0 saturated carbocycles. The molecule has 1 aliphatic heterocycles. The molecule has 1 saturated heterocycles. The van der Waals surface area contributed by atoms with Crippen LogP contribution in [0.25, 0.3) is 0 Å². The number of nitrogens with zero attached hydrogens (tertiary/aromatic N) is 5. The summed E-state index contributed by atoms with van der Waals surface area (Å²) in [6.07, 6.45) is 6.92. The Morgan fingerprint density at radius 2 is 1.85 bits per heavy atom. The molecule has 126 valence electrons. The summed E-state index contributed by atoms with van der Waals surface area (Å²) in [6, 6.07) is 9.71. The van der Waals surface area contributed by atoms with Crippen molar-refractivity contribution in [1.82, 2.24) is 9.97 Å². The lowest BCUT2D eigenvalue weighted by atomic mass is 10.0. The quantitative estimate of drug-likeness (QED) is 0.746. The normalized spacial score (nSPS) is 13.2. The van der Waals surface area contributed by atoms with Crippen LogP contribution in [-0.4, -0.2) is 23.1 Å². The van der Waals surface area contributed by atoms with Crippen molar-refractivity contribution >= 4 is 5.82 Å². The molecule has 3 heterocycles. The molecular weight excluding hydrogens is 322 g/mol. The summed E-state index contributed by atoms with van der Waals surface area (Å²) in [4.78, 5) is 10.7. The zero-order valence-electron chi connectivity index (χ0n) is 14.5. The summed E-state index contributed by atoms with van der Waals surface area (Å²) < 4.78 is 0. The number of hydrogen-bond donors (Lipinski definition) is 0. The number of aryl methyl sites for hydroxylation is 1. The Balaban J connectivity index is 1.67. The standard InChI is InChI=1S/C21H17N5/c1-16-5-6-20(13-23)21(25-16)26-9-7-17(8-10-26)3-2-4-18-11-19(12-22)15-24-14-18/h3,5-6,11,14-15H,7-10H2,1H3. The highest BCUT2D eigenvalue weighted by molar-refractivity contribution is 5.55. The topological polar surface area (TPSA) is 76.6 Å². The number of allylic oxidation sites excluding steroid dienone is 1. The number of nitriles is 2. The largest absolute Gasteiger partial charge is 0.355 e. The molecule has 0 aliphatic carbocycles. The van der Waals surface area contributed by atoms with E-state index in [-0.39, 0.29) is 0 Å². The maximum Gasteiger partial charge on any atom is 0.146 e. The molecule has 0 N–H and O–H groups in total. The van der Waals surface area contributed by atoms with Gasteiger partial charge in [-0.1, -0.05) is 17.4 Å². The first-order valence-electron chi connectivity index (χ1n) is 8.37. The molecule has 5 heteroatoms. The molecule has 0 spiro atoms. The molecule has 1 fully saturated rings. The zero-order chi connectivity index (χ0) is 18.4. The van der Waals surface area contributed by atoms with Gasteiger partial charge in [0.05, 0.1) is 11.1 Å². The van der Waals surface area contributed by atoms with Crippen LogP contribution in [0.1, 0.15) is 35.2 Å². The zero-order valence-corrected chi connectivity index (χ0v) is 14.5. The molecule has 1 aliphatic rings. The van der Waals surface area contributed by atoms with Gasteiger partial charge in [-0.15, -0.1) is 0 Å². The number of anilines is 1. The van der Waals surface area contributed by atoms with Gasteiger partial charge in [-0.2, -0.15) is 10.5 Å². The Morgan fingerprint density at radius 1 is 1.08 bits per heavy atom. The summed E-state index contributed by atoms with van der Waals surface area (Å²) in [5.74, 6) is 6.86. The summed E-state index contributed by atoms with van der Waals surface area (Å²) in [5, 5.41) is 18.2. The van der Waals surface area contributed by atoms with Crippen LogP contribution in [-0.2, 0) is 0 Å². The van der Waals surface area contributed by atoms with Crippen LogP contribution in [0.4, 0.5) is 5.82 Å². The van der Waals surface area contributed by atoms with E-state index in [1.807, 2.05) is 25.1 Å². The predicted molar refractivity (Wildman–Crippen MR) is 99.0 cm³/mol. The summed E-state index contributed by atoms with van der Waals surface area (Å²) in [6.45, 7) is 3.58. The van der Waals surface area contributed by atoms with Crippen molar-refractivity contribution in [2.24, 2.45) is 0 Å². The van der Waals surface area contributed by atoms with Gasteiger partial charge in [0, 0.05) is 36.7 Å². The van der Waals surface area contributed by atoms with Gasteiger partial charge in [-0.25, -0.2) is 4.98 Å². The second-order valence-corrected chi connectivity index (χ2v) is 6.07. The molecule has 0 aromatic carbocycles. The maximum absolute atomic E-state index is 9.28. The maximum atomic E-state index is 9.28. The fraction of sp³-hybridized carbons (Fsp3) is 0.238. The van der Waals surface area contributed by atoms with E-state index < -0.39 is 0 Å². The van der Waals surface area contributed by atoms with E-state index in [2.05, 4.69) is 38.8 Å². The smallest absolute Gasteiger partial charge is 0.146 e. The molecule has 0 radical (unpaired) electrons. The Morgan fingerprint density at radius 3 is 2.58 bits per heavy atom. The van der Waals surface area contributed by atoms with Crippen LogP contribution in [0.15, 0.2) is 42.2 Å². The average Bonchev–Trinajstić information content (AvgIpc) is 2.68. The molecule has 0 bridgehead atoms. The minimum Gasteiger partial charge on any atom is -0.355 e. The van der Waals surface area contributed by atoms with Crippen molar-refractivity contribution in [3.8, 4) is 24.0 Å². The lowest BCUT2D eigenvalue weighted by Crippen LogP contribution is -2.32. The number of hydrogen-bond acceptors (Lipinski definition) is 5.